The van der Waals surface area contributed by atoms with Crippen molar-refractivity contribution in [2.24, 2.45) is 5.41 Å². The van der Waals surface area contributed by atoms with Gasteiger partial charge in [-0.1, -0.05) is 53.5 Å². The molecule has 0 aromatic heterocycles. The zero-order valence-corrected chi connectivity index (χ0v) is 10.7. The van der Waals surface area contributed by atoms with E-state index < -0.39 is 0 Å². The topological polar surface area (TPSA) is 20.2 Å². The standard InChI is InChI=1S/C11H14BrClO/c1-11(2,7-12)6-8-4-3-5-9(13)10(8)14/h3-5,14H,6-7H2,1-2H3. The molecule has 1 aromatic carbocycles. The number of aromatic hydroxyl groups is 1. The summed E-state index contributed by atoms with van der Waals surface area (Å²) in [5.74, 6) is 0.211. The van der Waals surface area contributed by atoms with Crippen LogP contribution in [0.1, 0.15) is 19.4 Å². The SMILES string of the molecule is CC(C)(CBr)Cc1cccc(Cl)c1O. The van der Waals surface area contributed by atoms with Gasteiger partial charge in [0.25, 0.3) is 0 Å². The molecule has 0 saturated carbocycles. The van der Waals surface area contributed by atoms with Crippen LogP contribution < -0.4 is 0 Å². The molecule has 0 bridgehead atoms. The van der Waals surface area contributed by atoms with Crippen LogP contribution in [-0.2, 0) is 6.42 Å². The Kier molecular flexibility index (Phi) is 3.85. The minimum absolute atomic E-state index is 0.127. The number of phenols is 1. The van der Waals surface area contributed by atoms with Gasteiger partial charge in [0.15, 0.2) is 0 Å². The summed E-state index contributed by atoms with van der Waals surface area (Å²) in [7, 11) is 0. The van der Waals surface area contributed by atoms with Crippen LogP contribution in [0.4, 0.5) is 0 Å². The van der Waals surface area contributed by atoms with E-state index in [2.05, 4.69) is 29.8 Å². The largest absolute Gasteiger partial charge is 0.506 e. The number of phenolic OH excluding ortho intramolecular Hbond substituents is 1. The minimum Gasteiger partial charge on any atom is -0.506 e. The van der Waals surface area contributed by atoms with E-state index in [1.54, 1.807) is 6.07 Å². The molecule has 0 heterocycles. The van der Waals surface area contributed by atoms with E-state index in [4.69, 9.17) is 11.6 Å². The Morgan fingerprint density at radius 2 is 2.07 bits per heavy atom. The van der Waals surface area contributed by atoms with Crippen LogP contribution in [0, 0.1) is 5.41 Å². The molecule has 1 rings (SSSR count). The molecular formula is C11H14BrClO. The molecule has 3 heteroatoms. The van der Waals surface area contributed by atoms with Crippen LogP contribution in [-0.4, -0.2) is 10.4 Å². The molecule has 0 unspecified atom stereocenters. The van der Waals surface area contributed by atoms with Crippen LogP contribution in [0.15, 0.2) is 18.2 Å². The lowest BCUT2D eigenvalue weighted by molar-refractivity contribution is 0.405. The number of benzene rings is 1. The number of hydrogen-bond donors (Lipinski definition) is 1. The van der Waals surface area contributed by atoms with Gasteiger partial charge in [-0.3, -0.25) is 0 Å². The van der Waals surface area contributed by atoms with Gasteiger partial charge in [-0.2, -0.15) is 0 Å². The van der Waals surface area contributed by atoms with Gasteiger partial charge in [0.05, 0.1) is 5.02 Å². The van der Waals surface area contributed by atoms with Crippen molar-refractivity contribution in [1.82, 2.24) is 0 Å². The van der Waals surface area contributed by atoms with E-state index >= 15 is 0 Å². The maximum absolute atomic E-state index is 9.71. The summed E-state index contributed by atoms with van der Waals surface area (Å²) >= 11 is 9.28. The Labute approximate surface area is 98.2 Å². The second-order valence-corrected chi connectivity index (χ2v) is 5.19. The lowest BCUT2D eigenvalue weighted by Crippen LogP contribution is -2.16. The maximum Gasteiger partial charge on any atom is 0.137 e. The fourth-order valence-corrected chi connectivity index (χ4v) is 1.66. The highest BCUT2D eigenvalue weighted by Crippen LogP contribution is 2.32. The van der Waals surface area contributed by atoms with Crippen LogP contribution in [0.25, 0.3) is 0 Å². The first kappa shape index (κ1) is 11.9. The minimum atomic E-state index is 0.127. The average Bonchev–Trinajstić information content (AvgIpc) is 2.13. The van der Waals surface area contributed by atoms with E-state index in [0.717, 1.165) is 17.3 Å². The fourth-order valence-electron chi connectivity index (χ4n) is 1.27. The van der Waals surface area contributed by atoms with Crippen molar-refractivity contribution in [3.05, 3.63) is 28.8 Å². The third-order valence-corrected chi connectivity index (χ3v) is 3.92. The predicted octanol–water partition coefficient (Wildman–Crippen LogP) is 4.01. The Balaban J connectivity index is 2.92. The zero-order chi connectivity index (χ0) is 10.8. The lowest BCUT2D eigenvalue weighted by atomic mass is 9.88. The van der Waals surface area contributed by atoms with Crippen LogP contribution >= 0.6 is 27.5 Å². The third kappa shape index (κ3) is 2.89. The second-order valence-electron chi connectivity index (χ2n) is 4.22. The molecule has 0 fully saturated rings. The van der Waals surface area contributed by atoms with E-state index in [1.807, 2.05) is 12.1 Å². The molecule has 0 amide bonds. The molecule has 14 heavy (non-hydrogen) atoms. The summed E-state index contributed by atoms with van der Waals surface area (Å²) < 4.78 is 0. The van der Waals surface area contributed by atoms with Crippen molar-refractivity contribution in [2.75, 3.05) is 5.33 Å². The van der Waals surface area contributed by atoms with E-state index in [9.17, 15) is 5.11 Å². The molecule has 0 spiro atoms. The zero-order valence-electron chi connectivity index (χ0n) is 8.35. The summed E-state index contributed by atoms with van der Waals surface area (Å²) in [4.78, 5) is 0. The molecule has 0 saturated heterocycles. The van der Waals surface area contributed by atoms with Crippen molar-refractivity contribution < 1.29 is 5.11 Å². The Morgan fingerprint density at radius 3 is 2.64 bits per heavy atom. The number of para-hydroxylation sites is 1. The monoisotopic (exact) mass is 276 g/mol. The van der Waals surface area contributed by atoms with Crippen molar-refractivity contribution in [1.29, 1.82) is 0 Å². The fraction of sp³-hybridized carbons (Fsp3) is 0.455. The van der Waals surface area contributed by atoms with Gasteiger partial charge < -0.3 is 5.11 Å². The Hall–Kier alpha value is -0.210. The molecule has 78 valence electrons. The first-order chi connectivity index (χ1) is 6.46. The summed E-state index contributed by atoms with van der Waals surface area (Å²) in [6, 6.07) is 5.47. The molecule has 1 N–H and O–H groups in total. The number of hydrogen-bond acceptors (Lipinski definition) is 1. The van der Waals surface area contributed by atoms with Crippen molar-refractivity contribution in [3.63, 3.8) is 0 Å². The third-order valence-electron chi connectivity index (χ3n) is 2.10. The Bertz CT molecular complexity index is 323. The Morgan fingerprint density at radius 1 is 1.43 bits per heavy atom. The predicted molar refractivity (Wildman–Crippen MR) is 64.4 cm³/mol. The first-order valence-electron chi connectivity index (χ1n) is 4.48. The highest BCUT2D eigenvalue weighted by atomic mass is 79.9. The summed E-state index contributed by atoms with van der Waals surface area (Å²) in [6.07, 6.45) is 0.810. The van der Waals surface area contributed by atoms with Gasteiger partial charge in [-0.05, 0) is 23.5 Å². The normalized spacial score (nSPS) is 11.7. The van der Waals surface area contributed by atoms with Gasteiger partial charge >= 0.3 is 0 Å². The number of halogens is 2. The quantitative estimate of drug-likeness (QED) is 0.828. The van der Waals surface area contributed by atoms with Gasteiger partial charge in [0, 0.05) is 5.33 Å². The second kappa shape index (κ2) is 4.54. The highest BCUT2D eigenvalue weighted by molar-refractivity contribution is 9.09. The van der Waals surface area contributed by atoms with Crippen molar-refractivity contribution in [3.8, 4) is 5.75 Å². The van der Waals surface area contributed by atoms with Crippen molar-refractivity contribution in [2.45, 2.75) is 20.3 Å². The summed E-state index contributed by atoms with van der Waals surface area (Å²) in [6.45, 7) is 4.28. The molecule has 0 atom stereocenters. The molecule has 1 nitrogen and oxygen atoms in total. The highest BCUT2D eigenvalue weighted by Gasteiger charge is 2.19. The molecule has 0 aliphatic rings. The first-order valence-corrected chi connectivity index (χ1v) is 5.98. The van der Waals surface area contributed by atoms with Crippen LogP contribution in [0.2, 0.25) is 5.02 Å². The summed E-state index contributed by atoms with van der Waals surface area (Å²) in [5.41, 5.74) is 1.03. The molecule has 0 aliphatic heterocycles. The molecule has 1 aromatic rings. The smallest absolute Gasteiger partial charge is 0.137 e. The maximum atomic E-state index is 9.71. The van der Waals surface area contributed by atoms with E-state index in [-0.39, 0.29) is 11.2 Å². The molecule has 0 aliphatic carbocycles. The lowest BCUT2D eigenvalue weighted by Gasteiger charge is -2.22. The van der Waals surface area contributed by atoms with Gasteiger partial charge in [0.1, 0.15) is 5.75 Å². The summed E-state index contributed by atoms with van der Waals surface area (Å²) in [5, 5.41) is 11.0. The number of rotatable bonds is 3. The number of alkyl halides is 1. The van der Waals surface area contributed by atoms with E-state index in [1.165, 1.54) is 0 Å². The van der Waals surface area contributed by atoms with Gasteiger partial charge in [-0.25, -0.2) is 0 Å². The molecule has 0 radical (unpaired) electrons. The molecular weight excluding hydrogens is 263 g/mol. The van der Waals surface area contributed by atoms with E-state index in [0.29, 0.717) is 5.02 Å². The van der Waals surface area contributed by atoms with Gasteiger partial charge in [0.2, 0.25) is 0 Å². The van der Waals surface area contributed by atoms with Crippen molar-refractivity contribution >= 4 is 27.5 Å². The average molecular weight is 278 g/mol. The van der Waals surface area contributed by atoms with Crippen LogP contribution in [0.5, 0.6) is 5.75 Å². The van der Waals surface area contributed by atoms with Crippen LogP contribution in [0.3, 0.4) is 0 Å². The van der Waals surface area contributed by atoms with Gasteiger partial charge in [-0.15, -0.1) is 0 Å².